The molecule has 1 N–H and O–H groups in total. The molecule has 6 rings (SSSR count). The zero-order valence-electron chi connectivity index (χ0n) is 24.0. The van der Waals surface area contributed by atoms with Crippen LogP contribution in [0.3, 0.4) is 0 Å². The Balaban J connectivity index is 1.43. The summed E-state index contributed by atoms with van der Waals surface area (Å²) >= 11 is 0. The number of aromatic nitrogens is 3. The third-order valence-corrected chi connectivity index (χ3v) is 7.85. The van der Waals surface area contributed by atoms with Gasteiger partial charge in [0.25, 0.3) is 5.91 Å². The molecule has 2 amide bonds. The number of pyridine rings is 1. The second-order valence-electron chi connectivity index (χ2n) is 10.6. The van der Waals surface area contributed by atoms with Gasteiger partial charge in [-0.3, -0.25) is 24.8 Å². The normalized spacial score (nSPS) is 17.0. The van der Waals surface area contributed by atoms with E-state index in [-0.39, 0.29) is 0 Å². The lowest BCUT2D eigenvalue weighted by Crippen LogP contribution is -2.31. The van der Waals surface area contributed by atoms with Crippen molar-refractivity contribution in [2.45, 2.75) is 19.6 Å². The molecule has 0 saturated carbocycles. The molecule has 0 aliphatic carbocycles. The minimum Gasteiger partial charge on any atom is -0.378 e. The Morgan fingerprint density at radius 1 is 0.791 bits per heavy atom. The van der Waals surface area contributed by atoms with Crippen molar-refractivity contribution in [3.63, 3.8) is 0 Å². The fourth-order valence-electron chi connectivity index (χ4n) is 5.72. The number of imide groups is 1. The number of para-hydroxylation sites is 2. The maximum Gasteiger partial charge on any atom is 0.258 e. The number of hydrogen-bond donors (Lipinski definition) is 1. The van der Waals surface area contributed by atoms with E-state index in [1.54, 1.807) is 0 Å². The number of carbonyl (C=O) groups excluding carboxylic acids is 2. The van der Waals surface area contributed by atoms with Gasteiger partial charge in [-0.15, -0.1) is 0 Å². The van der Waals surface area contributed by atoms with E-state index in [4.69, 9.17) is 9.47 Å². The number of ether oxygens (including phenoxy) is 2. The highest BCUT2D eigenvalue weighted by molar-refractivity contribution is 6.29. The van der Waals surface area contributed by atoms with Crippen LogP contribution in [0.1, 0.15) is 16.7 Å². The molecule has 0 saturated heterocycles. The van der Waals surface area contributed by atoms with Crippen molar-refractivity contribution in [2.24, 2.45) is 0 Å². The molecule has 220 valence electrons. The van der Waals surface area contributed by atoms with E-state index in [0.717, 1.165) is 52.6 Å². The molecule has 3 aromatic heterocycles. The lowest BCUT2D eigenvalue weighted by Gasteiger charge is -2.23. The summed E-state index contributed by atoms with van der Waals surface area (Å²) in [5.41, 5.74) is 5.36. The molecule has 0 unspecified atom stereocenters. The summed E-state index contributed by atoms with van der Waals surface area (Å²) in [6, 6.07) is 20.3. The molecule has 9 nitrogen and oxygen atoms in total. The standard InChI is InChI=1S/C34H35N5O4/c40-25-36-34(41)30-21-27-23-39(32-7-3-1-5-28(27)32)16-18-43-20-19-42-17-15-37(22-26-9-11-35-12-10-26)13-14-38-24-31(30)29-6-2-4-8-33(29)38/h1-12,21,23-25H,13-20,22H2,(H,36,40,41)/b30-21+. The first-order valence-corrected chi connectivity index (χ1v) is 14.6. The van der Waals surface area contributed by atoms with Crippen LogP contribution in [0.2, 0.25) is 0 Å². The summed E-state index contributed by atoms with van der Waals surface area (Å²) in [4.78, 5) is 31.4. The number of nitrogens with zero attached hydrogens (tertiary/aromatic N) is 4. The van der Waals surface area contributed by atoms with Crippen LogP contribution in [0.25, 0.3) is 33.5 Å². The van der Waals surface area contributed by atoms with E-state index in [9.17, 15) is 9.59 Å². The van der Waals surface area contributed by atoms with E-state index in [1.807, 2.05) is 79.4 Å². The first-order valence-electron chi connectivity index (χ1n) is 14.6. The van der Waals surface area contributed by atoms with Crippen LogP contribution in [-0.4, -0.2) is 70.9 Å². The van der Waals surface area contributed by atoms with Gasteiger partial charge in [0.05, 0.1) is 26.4 Å². The quantitative estimate of drug-likeness (QED) is 0.320. The average molecular weight is 578 g/mol. The predicted molar refractivity (Wildman–Crippen MR) is 167 cm³/mol. The zero-order chi connectivity index (χ0) is 29.4. The number of fused-ring (bicyclic) bond motifs is 10. The second kappa shape index (κ2) is 13.6. The Labute approximate surface area is 250 Å². The summed E-state index contributed by atoms with van der Waals surface area (Å²) in [7, 11) is 0. The van der Waals surface area contributed by atoms with Crippen molar-refractivity contribution in [3.05, 3.63) is 102 Å². The highest BCUT2D eigenvalue weighted by Crippen LogP contribution is 2.31. The Bertz CT molecular complexity index is 1740. The van der Waals surface area contributed by atoms with E-state index < -0.39 is 5.91 Å². The number of rotatable bonds is 4. The smallest absolute Gasteiger partial charge is 0.258 e. The highest BCUT2D eigenvalue weighted by atomic mass is 16.5. The number of carbonyl (C=O) groups is 2. The summed E-state index contributed by atoms with van der Waals surface area (Å²) in [5.74, 6) is -0.444. The molecule has 0 radical (unpaired) electrons. The van der Waals surface area contributed by atoms with Gasteiger partial charge in [0.1, 0.15) is 0 Å². The summed E-state index contributed by atoms with van der Waals surface area (Å²) in [6.45, 7) is 5.84. The number of amides is 2. The van der Waals surface area contributed by atoms with Crippen LogP contribution in [-0.2, 0) is 38.7 Å². The maximum atomic E-state index is 13.4. The van der Waals surface area contributed by atoms with E-state index in [2.05, 4.69) is 36.5 Å². The van der Waals surface area contributed by atoms with Crippen LogP contribution in [0.5, 0.6) is 0 Å². The molecule has 2 aromatic carbocycles. The van der Waals surface area contributed by atoms with Crippen LogP contribution in [0.4, 0.5) is 0 Å². The Morgan fingerprint density at radius 3 is 2.23 bits per heavy atom. The predicted octanol–water partition coefficient (Wildman–Crippen LogP) is 4.35. The molecular weight excluding hydrogens is 542 g/mol. The SMILES string of the molecule is O=CNC(=O)/C1=C/c2cn(c3ccccc23)CCOCCOCCN(Cc2ccncc2)CCn2cc1c1ccccc12. The van der Waals surface area contributed by atoms with Crippen LogP contribution >= 0.6 is 0 Å². The Hall–Kier alpha value is -4.57. The lowest BCUT2D eigenvalue weighted by molar-refractivity contribution is -0.121. The maximum absolute atomic E-state index is 13.4. The van der Waals surface area contributed by atoms with Gasteiger partial charge in [0, 0.05) is 96.0 Å². The summed E-state index contributed by atoms with van der Waals surface area (Å²) in [6.07, 6.45) is 10.0. The first-order chi connectivity index (χ1) is 21.2. The van der Waals surface area contributed by atoms with Crippen LogP contribution in [0.15, 0.2) is 85.5 Å². The van der Waals surface area contributed by atoms with Gasteiger partial charge in [0.2, 0.25) is 6.41 Å². The highest BCUT2D eigenvalue weighted by Gasteiger charge is 2.20. The molecule has 0 spiro atoms. The third kappa shape index (κ3) is 6.59. The number of benzene rings is 2. The molecular formula is C34H35N5O4. The number of nitrogens with one attached hydrogen (secondary N) is 1. The van der Waals surface area contributed by atoms with Crippen molar-refractivity contribution in [1.29, 1.82) is 0 Å². The Morgan fingerprint density at radius 2 is 1.47 bits per heavy atom. The van der Waals surface area contributed by atoms with Crippen molar-refractivity contribution >= 4 is 45.8 Å². The van der Waals surface area contributed by atoms with Gasteiger partial charge in [-0.25, -0.2) is 0 Å². The number of hydrogen-bond acceptors (Lipinski definition) is 6. The van der Waals surface area contributed by atoms with Gasteiger partial charge in [-0.2, -0.15) is 0 Å². The van der Waals surface area contributed by atoms with Gasteiger partial charge in [0.15, 0.2) is 0 Å². The van der Waals surface area contributed by atoms with E-state index in [1.165, 1.54) is 5.56 Å². The molecule has 4 heterocycles. The van der Waals surface area contributed by atoms with Crippen LogP contribution < -0.4 is 5.32 Å². The monoisotopic (exact) mass is 577 g/mol. The minimum absolute atomic E-state index is 0.432. The van der Waals surface area contributed by atoms with Crippen molar-refractivity contribution in [3.8, 4) is 0 Å². The summed E-state index contributed by atoms with van der Waals surface area (Å²) in [5, 5.41) is 4.36. The summed E-state index contributed by atoms with van der Waals surface area (Å²) < 4.78 is 16.2. The molecule has 0 fully saturated rings. The van der Waals surface area contributed by atoms with Gasteiger partial charge >= 0.3 is 0 Å². The second-order valence-corrected chi connectivity index (χ2v) is 10.6. The molecule has 4 bridgehead atoms. The fraction of sp³-hybridized carbons (Fsp3) is 0.265. The minimum atomic E-state index is -0.444. The largest absolute Gasteiger partial charge is 0.378 e. The van der Waals surface area contributed by atoms with Crippen molar-refractivity contribution in [2.75, 3.05) is 39.5 Å². The molecule has 9 heteroatoms. The average Bonchev–Trinajstić information content (AvgIpc) is 3.58. The van der Waals surface area contributed by atoms with Gasteiger partial charge in [-0.05, 0) is 35.9 Å². The van der Waals surface area contributed by atoms with E-state index >= 15 is 0 Å². The molecule has 5 aromatic rings. The van der Waals surface area contributed by atoms with E-state index in [0.29, 0.717) is 51.5 Å². The Kier molecular flexibility index (Phi) is 9.03. The third-order valence-electron chi connectivity index (χ3n) is 7.85. The van der Waals surface area contributed by atoms with Crippen molar-refractivity contribution < 1.29 is 19.1 Å². The lowest BCUT2D eigenvalue weighted by atomic mass is 10.0. The fourth-order valence-corrected chi connectivity index (χ4v) is 5.72. The van der Waals surface area contributed by atoms with Gasteiger partial charge in [-0.1, -0.05) is 36.4 Å². The molecule has 0 atom stereocenters. The topological polar surface area (TPSA) is 90.6 Å². The van der Waals surface area contributed by atoms with Crippen LogP contribution in [0, 0.1) is 0 Å². The van der Waals surface area contributed by atoms with Gasteiger partial charge < -0.3 is 18.6 Å². The van der Waals surface area contributed by atoms with Crippen molar-refractivity contribution in [1.82, 2.24) is 24.3 Å². The zero-order valence-corrected chi connectivity index (χ0v) is 24.0. The molecule has 1 aliphatic heterocycles. The first kappa shape index (κ1) is 28.5. The molecule has 1 aliphatic rings. The molecule has 43 heavy (non-hydrogen) atoms.